The summed E-state index contributed by atoms with van der Waals surface area (Å²) in [4.78, 5) is 13.2. The van der Waals surface area contributed by atoms with Gasteiger partial charge in [-0.2, -0.15) is 0 Å². The Morgan fingerprint density at radius 1 is 0.853 bits per heavy atom. The molecule has 178 valence electrons. The fraction of sp³-hybridized carbons (Fsp3) is 0.321. The van der Waals surface area contributed by atoms with Crippen LogP contribution in [0.25, 0.3) is 0 Å². The lowest BCUT2D eigenvalue weighted by molar-refractivity contribution is 0.0239. The Balaban J connectivity index is 2.26. The van der Waals surface area contributed by atoms with Gasteiger partial charge in [-0.3, -0.25) is 0 Å². The molecular weight excluding hydrogens is 543 g/mol. The number of carbonyl (C=O) groups excluding carboxylic acids is 1. The molecule has 3 aromatic rings. The molecule has 0 fully saturated rings. The predicted molar refractivity (Wildman–Crippen MR) is 140 cm³/mol. The summed E-state index contributed by atoms with van der Waals surface area (Å²) >= 11 is 2.21. The number of ether oxygens (including phenoxy) is 1. The van der Waals surface area contributed by atoms with Gasteiger partial charge >= 0.3 is 5.97 Å². The van der Waals surface area contributed by atoms with E-state index in [-0.39, 0.29) is 29.1 Å². The largest absolute Gasteiger partial charge is 0.508 e. The minimum absolute atomic E-state index is 0.00139. The molecule has 1 unspecified atom stereocenters. The molecule has 0 aliphatic carbocycles. The van der Waals surface area contributed by atoms with E-state index in [9.17, 15) is 20.1 Å². The van der Waals surface area contributed by atoms with E-state index in [1.54, 1.807) is 31.2 Å². The quantitative estimate of drug-likeness (QED) is 0.238. The number of benzene rings is 3. The molecule has 1 aliphatic rings. The normalized spacial score (nSPS) is 17.4. The molecule has 4 rings (SSSR count). The summed E-state index contributed by atoms with van der Waals surface area (Å²) in [5.41, 5.74) is 3.20. The molecule has 3 N–H and O–H groups in total. The van der Waals surface area contributed by atoms with Gasteiger partial charge in [0, 0.05) is 25.8 Å². The molecule has 3 aromatic carbocycles. The van der Waals surface area contributed by atoms with Gasteiger partial charge in [0.05, 0.1) is 11.1 Å². The number of fused-ring (bicyclic) bond motifs is 1. The first-order chi connectivity index (χ1) is 15.9. The van der Waals surface area contributed by atoms with E-state index in [1.165, 1.54) is 0 Å². The second-order valence-electron chi connectivity index (χ2n) is 9.59. The summed E-state index contributed by atoms with van der Waals surface area (Å²) in [6.45, 7) is 11.4. The van der Waals surface area contributed by atoms with E-state index in [1.807, 2.05) is 46.8 Å². The summed E-state index contributed by atoms with van der Waals surface area (Å²) in [5.74, 6) is -0.551. The number of hydrogen-bond acceptors (Lipinski definition) is 5. The maximum Gasteiger partial charge on any atom is 0.340 e. The number of esters is 1. The van der Waals surface area contributed by atoms with Crippen LogP contribution in [0.5, 0.6) is 17.2 Å². The molecule has 1 atom stereocenters. The Morgan fingerprint density at radius 2 is 1.38 bits per heavy atom. The first-order valence-electron chi connectivity index (χ1n) is 11.3. The van der Waals surface area contributed by atoms with Gasteiger partial charge in [0.25, 0.3) is 0 Å². The van der Waals surface area contributed by atoms with Crippen LogP contribution in [0.4, 0.5) is 0 Å². The third-order valence-corrected chi connectivity index (χ3v) is 7.75. The van der Waals surface area contributed by atoms with Gasteiger partial charge in [-0.15, -0.1) is 0 Å². The zero-order chi connectivity index (χ0) is 25.1. The Bertz CT molecular complexity index is 1250. The first kappa shape index (κ1) is 24.4. The lowest BCUT2D eigenvalue weighted by Gasteiger charge is -2.36. The van der Waals surface area contributed by atoms with Gasteiger partial charge in [0.1, 0.15) is 17.2 Å². The molecule has 0 bridgehead atoms. The minimum atomic E-state index is -1.45. The van der Waals surface area contributed by atoms with Crippen molar-refractivity contribution < 1.29 is 24.9 Å². The van der Waals surface area contributed by atoms with Gasteiger partial charge in [-0.1, -0.05) is 45.9 Å². The van der Waals surface area contributed by atoms with E-state index in [2.05, 4.69) is 22.6 Å². The van der Waals surface area contributed by atoms with Crippen molar-refractivity contribution in [3.8, 4) is 17.2 Å². The smallest absolute Gasteiger partial charge is 0.340 e. The lowest BCUT2D eigenvalue weighted by Crippen LogP contribution is -2.33. The minimum Gasteiger partial charge on any atom is -0.508 e. The average Bonchev–Trinajstić information content (AvgIpc) is 2.99. The maximum atomic E-state index is 13.2. The molecule has 0 radical (unpaired) electrons. The van der Waals surface area contributed by atoms with Crippen molar-refractivity contribution in [2.24, 2.45) is 0 Å². The maximum absolute atomic E-state index is 13.2. The van der Waals surface area contributed by atoms with Crippen LogP contribution in [0.15, 0.2) is 36.4 Å². The van der Waals surface area contributed by atoms with Crippen molar-refractivity contribution in [1.29, 1.82) is 0 Å². The monoisotopic (exact) mass is 572 g/mol. The second-order valence-corrected chi connectivity index (χ2v) is 10.7. The number of carbonyl (C=O) groups is 1. The third-order valence-electron chi connectivity index (χ3n) is 6.63. The van der Waals surface area contributed by atoms with E-state index in [4.69, 9.17) is 4.74 Å². The number of hydrogen-bond donors (Lipinski definition) is 3. The third kappa shape index (κ3) is 3.37. The highest BCUT2D eigenvalue weighted by atomic mass is 127. The Kier molecular flexibility index (Phi) is 6.09. The fourth-order valence-electron chi connectivity index (χ4n) is 5.28. The SMILES string of the molecule is Cc1cc(O)c(C(C)C)c(O)c1C1(c2c(C)cc(O)c(C(C)C)c2I)OC(=O)c2ccccc21. The molecule has 0 saturated heterocycles. The number of aryl methyl sites for hydroxylation is 2. The molecule has 34 heavy (non-hydrogen) atoms. The Morgan fingerprint density at radius 3 is 1.97 bits per heavy atom. The summed E-state index contributed by atoms with van der Waals surface area (Å²) in [5, 5.41) is 33.1. The molecular formula is C28H29IO5. The Hall–Kier alpha value is -2.74. The van der Waals surface area contributed by atoms with Crippen LogP contribution >= 0.6 is 22.6 Å². The van der Waals surface area contributed by atoms with Gasteiger partial charge in [0.15, 0.2) is 5.60 Å². The highest BCUT2D eigenvalue weighted by Gasteiger charge is 2.53. The lowest BCUT2D eigenvalue weighted by atomic mass is 9.74. The first-order valence-corrected chi connectivity index (χ1v) is 12.4. The number of rotatable bonds is 4. The summed E-state index contributed by atoms with van der Waals surface area (Å²) in [6.07, 6.45) is 0. The van der Waals surface area contributed by atoms with Crippen molar-refractivity contribution in [3.05, 3.63) is 84.5 Å². The van der Waals surface area contributed by atoms with Crippen molar-refractivity contribution in [2.75, 3.05) is 0 Å². The number of aromatic hydroxyl groups is 3. The number of phenols is 3. The number of cyclic esters (lactones) is 1. The zero-order valence-electron chi connectivity index (χ0n) is 20.2. The van der Waals surface area contributed by atoms with Crippen molar-refractivity contribution in [3.63, 3.8) is 0 Å². The highest BCUT2D eigenvalue weighted by molar-refractivity contribution is 14.1. The molecule has 1 heterocycles. The molecule has 1 aliphatic heterocycles. The number of phenolic OH excluding ortho intramolecular Hbond substituents is 3. The van der Waals surface area contributed by atoms with Crippen LogP contribution < -0.4 is 0 Å². The standard InChI is InChI=1S/C28H29IO5/c1-13(2)21-19(30)11-15(5)23(25(21)29)28(18-10-8-7-9-17(18)27(33)34-28)24-16(6)12-20(31)22(14(3)4)26(24)32/h7-14,30-32H,1-6H3. The highest BCUT2D eigenvalue weighted by Crippen LogP contribution is 2.56. The zero-order valence-corrected chi connectivity index (χ0v) is 22.3. The van der Waals surface area contributed by atoms with E-state index in [0.29, 0.717) is 33.4 Å². The van der Waals surface area contributed by atoms with Crippen LogP contribution in [0.3, 0.4) is 0 Å². The predicted octanol–water partition coefficient (Wildman–Crippen LogP) is 6.73. The number of halogens is 1. The second kappa shape index (κ2) is 8.48. The summed E-state index contributed by atoms with van der Waals surface area (Å²) in [6, 6.07) is 10.5. The van der Waals surface area contributed by atoms with Crippen LogP contribution in [0.1, 0.15) is 88.8 Å². The molecule has 5 nitrogen and oxygen atoms in total. The van der Waals surface area contributed by atoms with Crippen LogP contribution in [0, 0.1) is 17.4 Å². The van der Waals surface area contributed by atoms with Crippen molar-refractivity contribution in [2.45, 2.75) is 59.0 Å². The van der Waals surface area contributed by atoms with E-state index in [0.717, 1.165) is 14.7 Å². The molecule has 0 aromatic heterocycles. The van der Waals surface area contributed by atoms with Crippen LogP contribution in [-0.2, 0) is 10.3 Å². The van der Waals surface area contributed by atoms with Crippen LogP contribution in [-0.4, -0.2) is 21.3 Å². The van der Waals surface area contributed by atoms with Crippen molar-refractivity contribution >= 4 is 28.6 Å². The van der Waals surface area contributed by atoms with E-state index < -0.39 is 11.6 Å². The van der Waals surface area contributed by atoms with Crippen molar-refractivity contribution in [1.82, 2.24) is 0 Å². The summed E-state index contributed by atoms with van der Waals surface area (Å²) in [7, 11) is 0. The van der Waals surface area contributed by atoms with Gasteiger partial charge in [-0.25, -0.2) is 4.79 Å². The topological polar surface area (TPSA) is 87.0 Å². The fourth-order valence-corrected chi connectivity index (χ4v) is 6.99. The van der Waals surface area contributed by atoms with Gasteiger partial charge < -0.3 is 20.1 Å². The van der Waals surface area contributed by atoms with Gasteiger partial charge in [0.2, 0.25) is 0 Å². The average molecular weight is 572 g/mol. The van der Waals surface area contributed by atoms with E-state index >= 15 is 0 Å². The molecule has 6 heteroatoms. The summed E-state index contributed by atoms with van der Waals surface area (Å²) < 4.78 is 7.07. The molecule has 0 saturated carbocycles. The molecule has 0 amide bonds. The molecule has 0 spiro atoms. The van der Waals surface area contributed by atoms with Crippen LogP contribution in [0.2, 0.25) is 0 Å². The Labute approximate surface area is 213 Å². The van der Waals surface area contributed by atoms with Gasteiger partial charge in [-0.05, 0) is 77.6 Å².